The van der Waals surface area contributed by atoms with E-state index in [4.69, 9.17) is 11.6 Å². The van der Waals surface area contributed by atoms with Crippen LogP contribution in [-0.2, 0) is 6.42 Å². The molecule has 0 aliphatic carbocycles. The lowest BCUT2D eigenvalue weighted by Crippen LogP contribution is -2.40. The number of nitrogens with one attached hydrogen (secondary N) is 1. The van der Waals surface area contributed by atoms with Gasteiger partial charge in [0, 0.05) is 17.6 Å². The van der Waals surface area contributed by atoms with Crippen LogP contribution in [0.2, 0.25) is 5.02 Å². The normalized spacial score (nSPS) is 15.1. The van der Waals surface area contributed by atoms with Crippen molar-refractivity contribution in [3.05, 3.63) is 34.9 Å². The third kappa shape index (κ3) is 4.62. The van der Waals surface area contributed by atoms with Crippen molar-refractivity contribution in [1.29, 1.82) is 0 Å². The Morgan fingerprint density at radius 2 is 1.89 bits per heavy atom. The quantitative estimate of drug-likeness (QED) is 0.798. The molecule has 18 heavy (non-hydrogen) atoms. The highest BCUT2D eigenvalue weighted by molar-refractivity contribution is 6.30. The van der Waals surface area contributed by atoms with Crippen LogP contribution in [0.25, 0.3) is 0 Å². The summed E-state index contributed by atoms with van der Waals surface area (Å²) in [6.07, 6.45) is 1.06. The molecule has 0 aromatic heterocycles. The van der Waals surface area contributed by atoms with E-state index in [1.165, 1.54) is 5.56 Å². The average Bonchev–Trinajstić information content (AvgIpc) is 2.26. The number of benzene rings is 1. The van der Waals surface area contributed by atoms with Gasteiger partial charge in [0.25, 0.3) is 0 Å². The molecule has 1 aromatic rings. The number of hydrogen-bond donors (Lipinski definition) is 1. The topological polar surface area (TPSA) is 12.0 Å². The molecule has 1 rings (SSSR count). The highest BCUT2D eigenvalue weighted by atomic mass is 35.5. The van der Waals surface area contributed by atoms with Gasteiger partial charge in [-0.05, 0) is 35.4 Å². The van der Waals surface area contributed by atoms with Crippen LogP contribution in [0.1, 0.15) is 40.2 Å². The first-order chi connectivity index (χ1) is 8.33. The summed E-state index contributed by atoms with van der Waals surface area (Å²) in [6.45, 7) is 12.4. The van der Waals surface area contributed by atoms with Gasteiger partial charge >= 0.3 is 0 Å². The molecule has 1 aromatic carbocycles. The summed E-state index contributed by atoms with van der Waals surface area (Å²) in [5.41, 5.74) is 1.58. The maximum Gasteiger partial charge on any atom is 0.0408 e. The molecule has 102 valence electrons. The Kier molecular flexibility index (Phi) is 5.68. The Balaban J connectivity index is 2.79. The highest BCUT2D eigenvalue weighted by Gasteiger charge is 2.28. The predicted octanol–water partition coefficient (Wildman–Crippen LogP) is 4.54. The second-order valence-corrected chi connectivity index (χ2v) is 6.59. The molecule has 1 N–H and O–H groups in total. The first kappa shape index (κ1) is 15.5. The fourth-order valence-electron chi connectivity index (χ4n) is 2.02. The van der Waals surface area contributed by atoms with Gasteiger partial charge in [-0.1, -0.05) is 58.4 Å². The summed E-state index contributed by atoms with van der Waals surface area (Å²) in [6, 6.07) is 8.75. The molecular formula is C16H26ClN. The van der Waals surface area contributed by atoms with Gasteiger partial charge in [0.2, 0.25) is 0 Å². The van der Waals surface area contributed by atoms with Crippen molar-refractivity contribution in [3.8, 4) is 0 Å². The minimum atomic E-state index is 0.259. The van der Waals surface area contributed by atoms with E-state index < -0.39 is 0 Å². The standard InChI is InChI=1S/C16H26ClN/c1-12(2)16(5,11-18-13(3)4)10-14-7-6-8-15(17)9-14/h6-9,12-13,18H,10-11H2,1-5H3. The minimum absolute atomic E-state index is 0.259. The number of hydrogen-bond acceptors (Lipinski definition) is 1. The first-order valence-corrected chi connectivity index (χ1v) is 7.19. The summed E-state index contributed by atoms with van der Waals surface area (Å²) >= 11 is 6.07. The molecule has 0 radical (unpaired) electrons. The molecule has 0 saturated heterocycles. The van der Waals surface area contributed by atoms with E-state index in [1.54, 1.807) is 0 Å². The summed E-state index contributed by atoms with van der Waals surface area (Å²) in [5, 5.41) is 4.40. The summed E-state index contributed by atoms with van der Waals surface area (Å²) < 4.78 is 0. The minimum Gasteiger partial charge on any atom is -0.314 e. The van der Waals surface area contributed by atoms with Gasteiger partial charge in [-0.15, -0.1) is 0 Å². The van der Waals surface area contributed by atoms with E-state index in [2.05, 4.69) is 52.1 Å². The van der Waals surface area contributed by atoms with Crippen LogP contribution in [0.4, 0.5) is 0 Å². The molecular weight excluding hydrogens is 242 g/mol. The Morgan fingerprint density at radius 3 is 2.39 bits per heavy atom. The molecule has 0 saturated carbocycles. The number of halogens is 1. The summed E-state index contributed by atoms with van der Waals surface area (Å²) in [5.74, 6) is 0.628. The largest absolute Gasteiger partial charge is 0.314 e. The molecule has 0 aliphatic rings. The second kappa shape index (κ2) is 6.58. The molecule has 0 heterocycles. The SMILES string of the molecule is CC(C)NCC(C)(Cc1cccc(Cl)c1)C(C)C. The van der Waals surface area contributed by atoms with Crippen molar-refractivity contribution < 1.29 is 0 Å². The fraction of sp³-hybridized carbons (Fsp3) is 0.625. The lowest BCUT2D eigenvalue weighted by molar-refractivity contribution is 0.202. The van der Waals surface area contributed by atoms with Crippen molar-refractivity contribution >= 4 is 11.6 Å². The summed E-state index contributed by atoms with van der Waals surface area (Å²) in [4.78, 5) is 0. The molecule has 0 amide bonds. The van der Waals surface area contributed by atoms with E-state index in [0.717, 1.165) is 18.0 Å². The lowest BCUT2D eigenvalue weighted by Gasteiger charge is -2.35. The van der Waals surface area contributed by atoms with Crippen molar-refractivity contribution in [2.24, 2.45) is 11.3 Å². The van der Waals surface area contributed by atoms with Gasteiger partial charge in [0.15, 0.2) is 0 Å². The van der Waals surface area contributed by atoms with E-state index in [9.17, 15) is 0 Å². The Bertz CT molecular complexity index is 373. The van der Waals surface area contributed by atoms with Crippen LogP contribution in [0.15, 0.2) is 24.3 Å². The molecule has 0 aliphatic heterocycles. The van der Waals surface area contributed by atoms with Crippen molar-refractivity contribution in [3.63, 3.8) is 0 Å². The van der Waals surface area contributed by atoms with Crippen LogP contribution in [0.5, 0.6) is 0 Å². The van der Waals surface area contributed by atoms with Crippen molar-refractivity contribution in [1.82, 2.24) is 5.32 Å². The van der Waals surface area contributed by atoms with Gasteiger partial charge in [-0.3, -0.25) is 0 Å². The van der Waals surface area contributed by atoms with Crippen LogP contribution in [-0.4, -0.2) is 12.6 Å². The molecule has 1 nitrogen and oxygen atoms in total. The molecule has 0 spiro atoms. The van der Waals surface area contributed by atoms with Gasteiger partial charge in [0.05, 0.1) is 0 Å². The molecule has 0 bridgehead atoms. The summed E-state index contributed by atoms with van der Waals surface area (Å²) in [7, 11) is 0. The molecule has 2 heteroatoms. The number of rotatable bonds is 6. The maximum atomic E-state index is 6.07. The van der Waals surface area contributed by atoms with Crippen LogP contribution < -0.4 is 5.32 Å². The zero-order chi connectivity index (χ0) is 13.8. The van der Waals surface area contributed by atoms with E-state index in [0.29, 0.717) is 12.0 Å². The van der Waals surface area contributed by atoms with E-state index in [1.807, 2.05) is 12.1 Å². The third-order valence-electron chi connectivity index (χ3n) is 3.80. The van der Waals surface area contributed by atoms with Gasteiger partial charge in [0.1, 0.15) is 0 Å². The van der Waals surface area contributed by atoms with Gasteiger partial charge < -0.3 is 5.32 Å². The average molecular weight is 268 g/mol. The Labute approximate surface area is 117 Å². The Hall–Kier alpha value is -0.530. The first-order valence-electron chi connectivity index (χ1n) is 6.81. The monoisotopic (exact) mass is 267 g/mol. The zero-order valence-electron chi connectivity index (χ0n) is 12.3. The Morgan fingerprint density at radius 1 is 1.22 bits per heavy atom. The highest BCUT2D eigenvalue weighted by Crippen LogP contribution is 2.31. The van der Waals surface area contributed by atoms with E-state index in [-0.39, 0.29) is 5.41 Å². The van der Waals surface area contributed by atoms with Crippen LogP contribution in [0.3, 0.4) is 0 Å². The zero-order valence-corrected chi connectivity index (χ0v) is 13.0. The predicted molar refractivity (Wildman–Crippen MR) is 81.2 cm³/mol. The van der Waals surface area contributed by atoms with Crippen molar-refractivity contribution in [2.45, 2.75) is 47.1 Å². The second-order valence-electron chi connectivity index (χ2n) is 6.15. The lowest BCUT2D eigenvalue weighted by atomic mass is 9.74. The molecule has 0 fully saturated rings. The molecule has 1 unspecified atom stereocenters. The smallest absolute Gasteiger partial charge is 0.0408 e. The van der Waals surface area contributed by atoms with Crippen LogP contribution in [0, 0.1) is 11.3 Å². The van der Waals surface area contributed by atoms with Gasteiger partial charge in [-0.2, -0.15) is 0 Å². The maximum absolute atomic E-state index is 6.07. The van der Waals surface area contributed by atoms with Gasteiger partial charge in [-0.25, -0.2) is 0 Å². The fourth-order valence-corrected chi connectivity index (χ4v) is 2.23. The molecule has 1 atom stereocenters. The van der Waals surface area contributed by atoms with Crippen LogP contribution >= 0.6 is 11.6 Å². The van der Waals surface area contributed by atoms with Crippen molar-refractivity contribution in [2.75, 3.05) is 6.54 Å². The third-order valence-corrected chi connectivity index (χ3v) is 4.04. The van der Waals surface area contributed by atoms with E-state index >= 15 is 0 Å².